The van der Waals surface area contributed by atoms with Crippen molar-refractivity contribution < 1.29 is 9.59 Å². The highest BCUT2D eigenvalue weighted by Gasteiger charge is 2.16. The summed E-state index contributed by atoms with van der Waals surface area (Å²) in [6.07, 6.45) is 0. The number of benzene rings is 3. The van der Waals surface area contributed by atoms with Crippen LogP contribution in [0.15, 0.2) is 72.8 Å². The number of anilines is 2. The van der Waals surface area contributed by atoms with Gasteiger partial charge in [-0.3, -0.25) is 20.2 Å². The summed E-state index contributed by atoms with van der Waals surface area (Å²) in [5.41, 5.74) is 4.45. The number of imidazole rings is 2. The molecule has 34 heavy (non-hydrogen) atoms. The molecule has 0 unspecified atom stereocenters. The molecule has 170 valence electrons. The molecule has 2 N–H and O–H groups in total. The van der Waals surface area contributed by atoms with Crippen molar-refractivity contribution in [3.8, 4) is 0 Å². The summed E-state index contributed by atoms with van der Waals surface area (Å²) < 4.78 is 3.91. The van der Waals surface area contributed by atoms with E-state index in [0.717, 1.165) is 22.1 Å². The topological polar surface area (TPSA) is 93.8 Å². The van der Waals surface area contributed by atoms with Crippen LogP contribution in [0.4, 0.5) is 11.9 Å². The van der Waals surface area contributed by atoms with E-state index in [9.17, 15) is 9.59 Å². The molecule has 2 aromatic heterocycles. The molecule has 2 amide bonds. The first-order valence-corrected chi connectivity index (χ1v) is 11.2. The Morgan fingerprint density at radius 2 is 1.03 bits per heavy atom. The molecule has 2 heterocycles. The van der Waals surface area contributed by atoms with Gasteiger partial charge in [0.05, 0.1) is 22.1 Å². The van der Waals surface area contributed by atoms with Gasteiger partial charge in [-0.15, -0.1) is 0 Å². The Morgan fingerprint density at radius 3 is 1.41 bits per heavy atom. The van der Waals surface area contributed by atoms with E-state index in [-0.39, 0.29) is 11.8 Å². The van der Waals surface area contributed by atoms with E-state index in [2.05, 4.69) is 20.6 Å². The summed E-state index contributed by atoms with van der Waals surface area (Å²) in [7, 11) is 0. The summed E-state index contributed by atoms with van der Waals surface area (Å²) >= 11 is 0. The summed E-state index contributed by atoms with van der Waals surface area (Å²) in [5.74, 6) is 0.414. The number of hydrogen-bond donors (Lipinski definition) is 2. The van der Waals surface area contributed by atoms with Crippen LogP contribution in [-0.2, 0) is 13.1 Å². The van der Waals surface area contributed by atoms with Gasteiger partial charge < -0.3 is 9.13 Å². The van der Waals surface area contributed by atoms with Gasteiger partial charge in [-0.1, -0.05) is 24.3 Å². The highest BCUT2D eigenvalue weighted by Crippen LogP contribution is 2.21. The number of para-hydroxylation sites is 4. The van der Waals surface area contributed by atoms with E-state index < -0.39 is 0 Å². The van der Waals surface area contributed by atoms with Crippen molar-refractivity contribution in [2.45, 2.75) is 26.9 Å². The number of carbonyl (C=O) groups excluding carboxylic acids is 2. The fourth-order valence-corrected chi connectivity index (χ4v) is 4.10. The van der Waals surface area contributed by atoms with Gasteiger partial charge in [-0.2, -0.15) is 0 Å². The number of nitrogens with one attached hydrogen (secondary N) is 2. The highest BCUT2D eigenvalue weighted by atomic mass is 16.2. The van der Waals surface area contributed by atoms with Gasteiger partial charge in [0.25, 0.3) is 11.8 Å². The molecule has 0 aliphatic rings. The standard InChI is InChI=1S/C26H24N6O2/c1-3-31-21-11-7-5-9-19(21)27-25(31)29-23(33)17-13-15-18(16-14-17)24(34)30-26-28-20-10-6-8-12-22(20)32(26)4-2/h5-16H,3-4H2,1-2H3,(H,27,29,33)(H,28,30,34). The molecule has 3 aromatic carbocycles. The zero-order chi connectivity index (χ0) is 23.7. The minimum Gasteiger partial charge on any atom is -0.310 e. The smallest absolute Gasteiger partial charge is 0.257 e. The maximum Gasteiger partial charge on any atom is 0.257 e. The second kappa shape index (κ2) is 8.82. The van der Waals surface area contributed by atoms with Crippen LogP contribution in [0.1, 0.15) is 34.6 Å². The second-order valence-corrected chi connectivity index (χ2v) is 7.82. The number of fused-ring (bicyclic) bond motifs is 2. The van der Waals surface area contributed by atoms with Crippen LogP contribution in [0.2, 0.25) is 0 Å². The van der Waals surface area contributed by atoms with E-state index >= 15 is 0 Å². The Morgan fingerprint density at radius 1 is 0.647 bits per heavy atom. The molecule has 0 aliphatic carbocycles. The first kappa shape index (κ1) is 21.4. The molecule has 8 heteroatoms. The van der Waals surface area contributed by atoms with Gasteiger partial charge in [0.2, 0.25) is 11.9 Å². The number of rotatable bonds is 6. The fraction of sp³-hybridized carbons (Fsp3) is 0.154. The molecule has 0 saturated heterocycles. The lowest BCUT2D eigenvalue weighted by atomic mass is 10.1. The van der Waals surface area contributed by atoms with Crippen molar-refractivity contribution in [2.75, 3.05) is 10.6 Å². The molecule has 0 saturated carbocycles. The van der Waals surface area contributed by atoms with Crippen molar-refractivity contribution in [3.63, 3.8) is 0 Å². The van der Waals surface area contributed by atoms with Crippen LogP contribution >= 0.6 is 0 Å². The first-order chi connectivity index (χ1) is 16.6. The Balaban J connectivity index is 1.33. The van der Waals surface area contributed by atoms with Crippen LogP contribution < -0.4 is 10.6 Å². The normalized spacial score (nSPS) is 11.1. The molecular weight excluding hydrogens is 428 g/mol. The number of hydrogen-bond acceptors (Lipinski definition) is 4. The zero-order valence-corrected chi connectivity index (χ0v) is 18.9. The van der Waals surface area contributed by atoms with Gasteiger partial charge in [0.1, 0.15) is 0 Å². The van der Waals surface area contributed by atoms with E-state index in [4.69, 9.17) is 0 Å². The lowest BCUT2D eigenvalue weighted by Gasteiger charge is -2.09. The van der Waals surface area contributed by atoms with Crippen molar-refractivity contribution in [1.82, 2.24) is 19.1 Å². The Hall–Kier alpha value is -4.46. The maximum absolute atomic E-state index is 12.8. The van der Waals surface area contributed by atoms with Gasteiger partial charge in [0.15, 0.2) is 0 Å². The molecule has 0 aliphatic heterocycles. The predicted molar refractivity (Wildman–Crippen MR) is 133 cm³/mol. The quantitative estimate of drug-likeness (QED) is 0.382. The predicted octanol–water partition coefficient (Wildman–Crippen LogP) is 4.93. The molecule has 5 rings (SSSR count). The Labute approximate surface area is 196 Å². The number of carbonyl (C=O) groups is 2. The van der Waals surface area contributed by atoms with Gasteiger partial charge in [0, 0.05) is 24.2 Å². The molecular formula is C26H24N6O2. The number of nitrogens with zero attached hydrogens (tertiary/aromatic N) is 4. The molecule has 0 bridgehead atoms. The van der Waals surface area contributed by atoms with Gasteiger partial charge in [-0.25, -0.2) is 9.97 Å². The van der Waals surface area contributed by atoms with E-state index in [0.29, 0.717) is 36.1 Å². The lowest BCUT2D eigenvalue weighted by Crippen LogP contribution is -2.17. The van der Waals surface area contributed by atoms with Gasteiger partial charge in [-0.05, 0) is 62.4 Å². The maximum atomic E-state index is 12.8. The molecule has 5 aromatic rings. The van der Waals surface area contributed by atoms with Crippen LogP contribution in [0.5, 0.6) is 0 Å². The monoisotopic (exact) mass is 452 g/mol. The van der Waals surface area contributed by atoms with Crippen LogP contribution in [0.25, 0.3) is 22.1 Å². The summed E-state index contributed by atoms with van der Waals surface area (Å²) in [6.45, 7) is 5.36. The Bertz CT molecular complexity index is 1400. The third kappa shape index (κ3) is 3.79. The minimum absolute atomic E-state index is 0.287. The lowest BCUT2D eigenvalue weighted by molar-refractivity contribution is 0.101. The molecule has 0 fully saturated rings. The van der Waals surface area contributed by atoms with Crippen LogP contribution in [0, 0.1) is 0 Å². The first-order valence-electron chi connectivity index (χ1n) is 11.2. The molecule has 0 spiro atoms. The van der Waals surface area contributed by atoms with Gasteiger partial charge >= 0.3 is 0 Å². The van der Waals surface area contributed by atoms with E-state index in [1.54, 1.807) is 24.3 Å². The van der Waals surface area contributed by atoms with Crippen molar-refractivity contribution in [3.05, 3.63) is 83.9 Å². The van der Waals surface area contributed by atoms with Crippen LogP contribution in [-0.4, -0.2) is 30.9 Å². The van der Waals surface area contributed by atoms with Crippen molar-refractivity contribution in [2.24, 2.45) is 0 Å². The van der Waals surface area contributed by atoms with Crippen molar-refractivity contribution in [1.29, 1.82) is 0 Å². The average Bonchev–Trinajstić information content (AvgIpc) is 3.40. The molecule has 8 nitrogen and oxygen atoms in total. The largest absolute Gasteiger partial charge is 0.310 e. The third-order valence-electron chi connectivity index (χ3n) is 5.80. The fourth-order valence-electron chi connectivity index (χ4n) is 4.10. The third-order valence-corrected chi connectivity index (χ3v) is 5.80. The summed E-state index contributed by atoms with van der Waals surface area (Å²) in [5, 5.41) is 5.77. The summed E-state index contributed by atoms with van der Waals surface area (Å²) in [4.78, 5) is 34.7. The minimum atomic E-state index is -0.287. The van der Waals surface area contributed by atoms with Crippen molar-refractivity contribution >= 4 is 45.8 Å². The van der Waals surface area contributed by atoms with E-state index in [1.807, 2.05) is 71.5 Å². The number of aromatic nitrogens is 4. The highest BCUT2D eigenvalue weighted by molar-refractivity contribution is 6.07. The second-order valence-electron chi connectivity index (χ2n) is 7.82. The van der Waals surface area contributed by atoms with E-state index in [1.165, 1.54) is 0 Å². The Kier molecular flexibility index (Phi) is 5.55. The average molecular weight is 453 g/mol. The number of aryl methyl sites for hydroxylation is 2. The van der Waals surface area contributed by atoms with Crippen LogP contribution in [0.3, 0.4) is 0 Å². The summed E-state index contributed by atoms with van der Waals surface area (Å²) in [6, 6.07) is 22.0. The zero-order valence-electron chi connectivity index (χ0n) is 18.9. The molecule has 0 radical (unpaired) electrons. The number of amides is 2. The molecule has 0 atom stereocenters. The SMILES string of the molecule is CCn1c(NC(=O)c2ccc(C(=O)Nc3nc4ccccc4n3CC)cc2)nc2ccccc21.